The molecule has 0 spiro atoms. The van der Waals surface area contributed by atoms with E-state index >= 15 is 0 Å². The molecule has 0 aliphatic heterocycles. The predicted octanol–water partition coefficient (Wildman–Crippen LogP) is 5.96. The molecule has 1 fully saturated rings. The third-order valence-corrected chi connectivity index (χ3v) is 5.02. The van der Waals surface area contributed by atoms with E-state index in [1.54, 1.807) is 12.1 Å². The number of hydrogen-bond donors (Lipinski definition) is 0. The van der Waals surface area contributed by atoms with Gasteiger partial charge in [0.1, 0.15) is 0 Å². The van der Waals surface area contributed by atoms with Gasteiger partial charge in [0.25, 0.3) is 6.43 Å². The van der Waals surface area contributed by atoms with Crippen LogP contribution in [0.3, 0.4) is 0 Å². The van der Waals surface area contributed by atoms with Gasteiger partial charge in [0.05, 0.1) is 5.56 Å². The van der Waals surface area contributed by atoms with E-state index < -0.39 is 19.0 Å². The molecular weight excluding hydrogens is 310 g/mol. The van der Waals surface area contributed by atoms with Gasteiger partial charge >= 0.3 is 5.97 Å². The first-order valence-corrected chi connectivity index (χ1v) is 9.15. The van der Waals surface area contributed by atoms with Crippen molar-refractivity contribution in [3.63, 3.8) is 0 Å². The molecule has 1 aromatic rings. The highest BCUT2D eigenvalue weighted by molar-refractivity contribution is 5.89. The van der Waals surface area contributed by atoms with E-state index in [4.69, 9.17) is 0 Å². The lowest BCUT2D eigenvalue weighted by atomic mass is 9.77. The zero-order valence-corrected chi connectivity index (χ0v) is 14.5. The Kier molecular flexibility index (Phi) is 7.67. The largest absolute Gasteiger partial charge is 0.456 e. The zero-order valence-electron chi connectivity index (χ0n) is 14.5. The van der Waals surface area contributed by atoms with E-state index in [2.05, 4.69) is 11.7 Å². The summed E-state index contributed by atoms with van der Waals surface area (Å²) >= 11 is 0. The maximum Gasteiger partial charge on any atom is 0.338 e. The van der Waals surface area contributed by atoms with Crippen LogP contribution in [-0.2, 0) is 4.74 Å². The molecule has 24 heavy (non-hydrogen) atoms. The van der Waals surface area contributed by atoms with Crippen LogP contribution in [0.5, 0.6) is 0 Å². The van der Waals surface area contributed by atoms with Gasteiger partial charge in [-0.2, -0.15) is 0 Å². The highest BCUT2D eigenvalue weighted by Gasteiger charge is 2.22. The van der Waals surface area contributed by atoms with Crippen LogP contribution in [0.4, 0.5) is 8.78 Å². The van der Waals surface area contributed by atoms with E-state index in [-0.39, 0.29) is 0 Å². The predicted molar refractivity (Wildman–Crippen MR) is 91.6 cm³/mol. The minimum absolute atomic E-state index is 0.340. The summed E-state index contributed by atoms with van der Waals surface area (Å²) in [5.74, 6) is 0.747. The summed E-state index contributed by atoms with van der Waals surface area (Å²) in [7, 11) is 0. The fourth-order valence-corrected chi connectivity index (χ4v) is 3.58. The van der Waals surface area contributed by atoms with Crippen molar-refractivity contribution in [3.8, 4) is 0 Å². The van der Waals surface area contributed by atoms with Crippen LogP contribution in [0.1, 0.15) is 80.1 Å². The summed E-state index contributed by atoms with van der Waals surface area (Å²) in [4.78, 5) is 11.6. The monoisotopic (exact) mass is 338 g/mol. The Bertz CT molecular complexity index is 491. The van der Waals surface area contributed by atoms with E-state index in [1.165, 1.54) is 56.9 Å². The van der Waals surface area contributed by atoms with Crippen LogP contribution in [0, 0.1) is 5.92 Å². The number of esters is 1. The van der Waals surface area contributed by atoms with Crippen LogP contribution >= 0.6 is 0 Å². The minimum atomic E-state index is -2.62. The molecule has 1 aliphatic rings. The van der Waals surface area contributed by atoms with Crippen LogP contribution in [-0.4, -0.2) is 19.0 Å². The number of carbonyl (C=O) groups excluding carboxylic acids is 1. The number of alkyl halides is 2. The zero-order chi connectivity index (χ0) is 17.4. The SMILES string of the molecule is CCCCC[C@H]1CC[C@H](c2ccc(C(=O)OCC(F)F)cc2)CC1. The maximum atomic E-state index is 12.1. The number of hydrogen-bond acceptors (Lipinski definition) is 2. The molecule has 4 heteroatoms. The summed E-state index contributed by atoms with van der Waals surface area (Å²) in [6, 6.07) is 7.27. The molecule has 1 aliphatic carbocycles. The van der Waals surface area contributed by atoms with Crippen LogP contribution < -0.4 is 0 Å². The molecule has 2 nitrogen and oxygen atoms in total. The third kappa shape index (κ3) is 5.88. The highest BCUT2D eigenvalue weighted by Crippen LogP contribution is 2.37. The quantitative estimate of drug-likeness (QED) is 0.431. The van der Waals surface area contributed by atoms with Gasteiger partial charge < -0.3 is 4.74 Å². The summed E-state index contributed by atoms with van der Waals surface area (Å²) in [6.45, 7) is 1.40. The van der Waals surface area contributed by atoms with E-state index in [9.17, 15) is 13.6 Å². The number of ether oxygens (including phenoxy) is 1. The molecule has 0 amide bonds. The van der Waals surface area contributed by atoms with Gasteiger partial charge in [0.2, 0.25) is 0 Å². The smallest absolute Gasteiger partial charge is 0.338 e. The van der Waals surface area contributed by atoms with Crippen molar-refractivity contribution in [1.29, 1.82) is 0 Å². The minimum Gasteiger partial charge on any atom is -0.456 e. The van der Waals surface area contributed by atoms with Gasteiger partial charge in [-0.25, -0.2) is 13.6 Å². The van der Waals surface area contributed by atoms with Crippen molar-refractivity contribution in [1.82, 2.24) is 0 Å². The summed E-state index contributed by atoms with van der Waals surface area (Å²) in [6.07, 6.45) is 7.67. The molecule has 134 valence electrons. The Morgan fingerprint density at radius 1 is 1.12 bits per heavy atom. The summed E-state index contributed by atoms with van der Waals surface area (Å²) < 4.78 is 28.7. The molecule has 0 saturated heterocycles. The fraction of sp³-hybridized carbons (Fsp3) is 0.650. The second-order valence-electron chi connectivity index (χ2n) is 6.82. The molecule has 1 aromatic carbocycles. The third-order valence-electron chi connectivity index (χ3n) is 5.02. The second kappa shape index (κ2) is 9.75. The Balaban J connectivity index is 1.80. The molecule has 0 atom stereocenters. The molecule has 1 saturated carbocycles. The molecule has 0 bridgehead atoms. The topological polar surface area (TPSA) is 26.3 Å². The van der Waals surface area contributed by atoms with Gasteiger partial charge in [-0.15, -0.1) is 0 Å². The van der Waals surface area contributed by atoms with E-state index in [1.807, 2.05) is 12.1 Å². The number of rotatable bonds is 8. The van der Waals surface area contributed by atoms with Gasteiger partial charge in [-0.05, 0) is 55.2 Å². The van der Waals surface area contributed by atoms with Crippen molar-refractivity contribution in [3.05, 3.63) is 35.4 Å². The maximum absolute atomic E-state index is 12.1. The molecule has 2 rings (SSSR count). The van der Waals surface area contributed by atoms with Crippen LogP contribution in [0.2, 0.25) is 0 Å². The van der Waals surface area contributed by atoms with Crippen molar-refractivity contribution in [2.45, 2.75) is 70.6 Å². The van der Waals surface area contributed by atoms with Crippen LogP contribution in [0.25, 0.3) is 0 Å². The Morgan fingerprint density at radius 3 is 2.38 bits per heavy atom. The second-order valence-corrected chi connectivity index (χ2v) is 6.82. The van der Waals surface area contributed by atoms with Gasteiger partial charge in [0, 0.05) is 0 Å². The van der Waals surface area contributed by atoms with E-state index in [0.717, 1.165) is 5.92 Å². The fourth-order valence-electron chi connectivity index (χ4n) is 3.58. The van der Waals surface area contributed by atoms with Crippen LogP contribution in [0.15, 0.2) is 24.3 Å². The Labute approximate surface area is 143 Å². The standard InChI is InChI=1S/C20H28F2O2/c1-2-3-4-5-15-6-8-16(9-7-15)17-10-12-18(13-11-17)20(23)24-14-19(21)22/h10-13,15-16,19H,2-9,14H2,1H3/t15-,16-. The van der Waals surface area contributed by atoms with E-state index in [0.29, 0.717) is 11.5 Å². The van der Waals surface area contributed by atoms with Crippen molar-refractivity contribution in [2.75, 3.05) is 6.61 Å². The lowest BCUT2D eigenvalue weighted by Gasteiger charge is -2.29. The highest BCUT2D eigenvalue weighted by atomic mass is 19.3. The van der Waals surface area contributed by atoms with Gasteiger partial charge in [-0.1, -0.05) is 44.7 Å². The first kappa shape index (κ1) is 18.9. The number of halogens is 2. The first-order chi connectivity index (χ1) is 11.6. The molecule has 0 heterocycles. The first-order valence-electron chi connectivity index (χ1n) is 9.15. The molecule has 0 N–H and O–H groups in total. The summed E-state index contributed by atoms with van der Waals surface area (Å²) in [5.41, 5.74) is 1.58. The number of unbranched alkanes of at least 4 members (excludes halogenated alkanes) is 2. The van der Waals surface area contributed by atoms with Crippen molar-refractivity contribution >= 4 is 5.97 Å². The lowest BCUT2D eigenvalue weighted by molar-refractivity contribution is 0.0160. The van der Waals surface area contributed by atoms with Gasteiger partial charge in [0.15, 0.2) is 6.61 Å². The Morgan fingerprint density at radius 2 is 1.79 bits per heavy atom. The molecular formula is C20H28F2O2. The normalized spacial score (nSPS) is 21.0. The van der Waals surface area contributed by atoms with Crippen molar-refractivity contribution in [2.24, 2.45) is 5.92 Å². The lowest BCUT2D eigenvalue weighted by Crippen LogP contribution is -2.14. The molecule has 0 aromatic heterocycles. The average molecular weight is 338 g/mol. The van der Waals surface area contributed by atoms with Crippen molar-refractivity contribution < 1.29 is 18.3 Å². The number of carbonyl (C=O) groups is 1. The van der Waals surface area contributed by atoms with Gasteiger partial charge in [-0.3, -0.25) is 0 Å². The molecule has 0 unspecified atom stereocenters. The summed E-state index contributed by atoms with van der Waals surface area (Å²) in [5, 5.41) is 0. The molecule has 0 radical (unpaired) electrons. The average Bonchev–Trinajstić information content (AvgIpc) is 2.60. The number of benzene rings is 1. The Hall–Kier alpha value is -1.45.